The number of nitrogens with one attached hydrogen (secondary N) is 2. The molecule has 1 atom stereocenters. The molecule has 4 rings (SSSR count). The van der Waals surface area contributed by atoms with Crippen molar-refractivity contribution in [3.63, 3.8) is 0 Å². The maximum atomic E-state index is 11.6. The summed E-state index contributed by atoms with van der Waals surface area (Å²) >= 11 is 5.65. The van der Waals surface area contributed by atoms with E-state index in [0.717, 1.165) is 21.8 Å². The fraction of sp³-hybridized carbons (Fsp3) is 0.0909. The van der Waals surface area contributed by atoms with Crippen LogP contribution in [0.3, 0.4) is 0 Å². The van der Waals surface area contributed by atoms with Crippen LogP contribution < -0.4 is 10.6 Å². The summed E-state index contributed by atoms with van der Waals surface area (Å²) in [7, 11) is -0.723. The van der Waals surface area contributed by atoms with Crippen molar-refractivity contribution in [2.24, 2.45) is 4.99 Å². The van der Waals surface area contributed by atoms with E-state index in [1.54, 1.807) is 12.4 Å². The van der Waals surface area contributed by atoms with Crippen LogP contribution >= 0.6 is 32.4 Å². The third kappa shape index (κ3) is 5.13. The molecule has 0 saturated heterocycles. The van der Waals surface area contributed by atoms with Gasteiger partial charge in [0.25, 0.3) is 0 Å². The van der Waals surface area contributed by atoms with E-state index in [1.807, 2.05) is 66.7 Å². The second kappa shape index (κ2) is 9.61. The number of aliphatic imine (C=N–C) groups is 1. The van der Waals surface area contributed by atoms with Gasteiger partial charge < -0.3 is 14.8 Å². The molecule has 3 aromatic rings. The predicted octanol–water partition coefficient (Wildman–Crippen LogP) is 5.56. The molecular formula is C22H20N4O2S3. The van der Waals surface area contributed by atoms with E-state index in [9.17, 15) is 4.79 Å². The van der Waals surface area contributed by atoms with Gasteiger partial charge in [-0.3, -0.25) is 9.78 Å². The summed E-state index contributed by atoms with van der Waals surface area (Å²) in [4.78, 5) is 21.0. The van der Waals surface area contributed by atoms with Gasteiger partial charge in [0.2, 0.25) is 5.91 Å². The topological polar surface area (TPSA) is 75.6 Å². The van der Waals surface area contributed by atoms with Gasteiger partial charge in [0, 0.05) is 44.9 Å². The van der Waals surface area contributed by atoms with Gasteiger partial charge >= 0.3 is 0 Å². The lowest BCUT2D eigenvalue weighted by Gasteiger charge is -2.33. The molecule has 6 nitrogen and oxygen atoms in total. The van der Waals surface area contributed by atoms with Crippen molar-refractivity contribution in [3.8, 4) is 0 Å². The van der Waals surface area contributed by atoms with E-state index in [-0.39, 0.29) is 5.91 Å². The maximum absolute atomic E-state index is 11.6. The zero-order valence-corrected chi connectivity index (χ0v) is 19.1. The molecule has 2 N–H and O–H groups in total. The number of carbonyl (C=O) groups excluding carboxylic acids is 1. The summed E-state index contributed by atoms with van der Waals surface area (Å²) in [5.41, 5.74) is 2.93. The molecule has 1 amide bonds. The Hall–Kier alpha value is -2.72. The van der Waals surface area contributed by atoms with Crippen LogP contribution in [0.25, 0.3) is 0 Å². The number of hydrogen-bond donors (Lipinski definition) is 2. The Morgan fingerprint density at radius 1 is 1.03 bits per heavy atom. The Morgan fingerprint density at radius 3 is 2.39 bits per heavy atom. The number of anilines is 2. The van der Waals surface area contributed by atoms with Gasteiger partial charge in [-0.1, -0.05) is 30.3 Å². The summed E-state index contributed by atoms with van der Waals surface area (Å²) in [6.45, 7) is 1.84. The molecule has 1 aliphatic rings. The monoisotopic (exact) mass is 468 g/mol. The fourth-order valence-electron chi connectivity index (χ4n) is 2.84. The van der Waals surface area contributed by atoms with Gasteiger partial charge in [-0.2, -0.15) is 0 Å². The maximum Gasteiger partial charge on any atom is 0.222 e. The summed E-state index contributed by atoms with van der Waals surface area (Å²) in [6.07, 6.45) is 3.48. The summed E-state index contributed by atoms with van der Waals surface area (Å²) < 4.78 is 6.91. The Balaban J connectivity index is 1.59. The number of rotatable bonds is 6. The molecule has 1 aromatic heterocycles. The smallest absolute Gasteiger partial charge is 0.222 e. The third-order valence-corrected chi connectivity index (χ3v) is 10.4. The minimum atomic E-state index is -2.11. The van der Waals surface area contributed by atoms with Crippen LogP contribution in [-0.4, -0.2) is 20.4 Å². The average Bonchev–Trinajstić information content (AvgIpc) is 3.09. The SMILES string of the molecule is CC(=O)NC1=NC(=S)S(OCc2ccccc2)(c2ccc(Nc3ccncc3)cc2)S1. The second-order valence-corrected chi connectivity index (χ2v) is 11.8. The lowest BCUT2D eigenvalue weighted by molar-refractivity contribution is -0.117. The number of pyridine rings is 1. The van der Waals surface area contributed by atoms with Crippen LogP contribution in [0.1, 0.15) is 12.5 Å². The summed E-state index contributed by atoms with van der Waals surface area (Å²) in [5, 5.41) is 6.56. The molecule has 2 aromatic carbocycles. The minimum absolute atomic E-state index is 0.191. The number of carbonyl (C=O) groups is 1. The molecule has 0 fully saturated rings. The lowest BCUT2D eigenvalue weighted by atomic mass is 10.2. The second-order valence-electron chi connectivity index (χ2n) is 6.58. The quantitative estimate of drug-likeness (QED) is 0.364. The number of nitrogens with zero attached hydrogens (tertiary/aromatic N) is 2. The van der Waals surface area contributed by atoms with E-state index >= 15 is 0 Å². The molecule has 31 heavy (non-hydrogen) atoms. The van der Waals surface area contributed by atoms with Gasteiger partial charge in [0.05, 0.1) is 6.61 Å². The zero-order chi connectivity index (χ0) is 21.7. The highest BCUT2D eigenvalue weighted by Crippen LogP contribution is 2.71. The molecule has 0 radical (unpaired) electrons. The first-order valence-electron chi connectivity index (χ1n) is 9.44. The number of amidine groups is 1. The van der Waals surface area contributed by atoms with Crippen LogP contribution in [0.2, 0.25) is 0 Å². The van der Waals surface area contributed by atoms with E-state index in [2.05, 4.69) is 20.6 Å². The van der Waals surface area contributed by atoms with Crippen LogP contribution in [0, 0.1) is 0 Å². The summed E-state index contributed by atoms with van der Waals surface area (Å²) in [5.74, 6) is -0.191. The van der Waals surface area contributed by atoms with Crippen molar-refractivity contribution >= 4 is 59.1 Å². The first-order valence-corrected chi connectivity index (χ1v) is 12.7. The third-order valence-electron chi connectivity index (χ3n) is 4.27. The predicted molar refractivity (Wildman–Crippen MR) is 132 cm³/mol. The van der Waals surface area contributed by atoms with E-state index in [0.29, 0.717) is 16.1 Å². The average molecular weight is 469 g/mol. The fourth-order valence-corrected chi connectivity index (χ4v) is 8.13. The highest BCUT2D eigenvalue weighted by Gasteiger charge is 2.41. The first-order chi connectivity index (χ1) is 15.0. The molecule has 2 heterocycles. The zero-order valence-electron chi connectivity index (χ0n) is 16.6. The Morgan fingerprint density at radius 2 is 1.71 bits per heavy atom. The van der Waals surface area contributed by atoms with Crippen LogP contribution in [0.4, 0.5) is 11.4 Å². The van der Waals surface area contributed by atoms with Gasteiger partial charge in [0.15, 0.2) is 9.49 Å². The largest absolute Gasteiger partial charge is 0.355 e. The molecule has 1 unspecified atom stereocenters. The molecule has 0 aliphatic carbocycles. The van der Waals surface area contributed by atoms with E-state index in [1.165, 1.54) is 17.7 Å². The van der Waals surface area contributed by atoms with Gasteiger partial charge in [0.1, 0.15) is 0 Å². The van der Waals surface area contributed by atoms with Gasteiger partial charge in [-0.05, 0) is 65.0 Å². The van der Waals surface area contributed by atoms with E-state index < -0.39 is 9.34 Å². The van der Waals surface area contributed by atoms with E-state index in [4.69, 9.17) is 16.4 Å². The molecular weight excluding hydrogens is 448 g/mol. The Bertz CT molecular complexity index is 1110. The molecule has 0 spiro atoms. The highest BCUT2D eigenvalue weighted by atomic mass is 33.2. The number of thiocarbonyl (C=S) groups is 1. The molecule has 0 bridgehead atoms. The van der Waals surface area contributed by atoms with Gasteiger partial charge in [-0.15, -0.1) is 0 Å². The number of benzene rings is 2. The van der Waals surface area contributed by atoms with Crippen molar-refractivity contribution in [1.29, 1.82) is 0 Å². The van der Waals surface area contributed by atoms with Crippen molar-refractivity contribution < 1.29 is 8.98 Å². The van der Waals surface area contributed by atoms with Gasteiger partial charge in [-0.25, -0.2) is 4.99 Å². The van der Waals surface area contributed by atoms with Crippen molar-refractivity contribution in [2.45, 2.75) is 18.4 Å². The lowest BCUT2D eigenvalue weighted by Crippen LogP contribution is -2.24. The van der Waals surface area contributed by atoms with Crippen molar-refractivity contribution in [2.75, 3.05) is 5.32 Å². The molecule has 158 valence electrons. The van der Waals surface area contributed by atoms with Crippen LogP contribution in [0.15, 0.2) is 89.0 Å². The first kappa shape index (κ1) is 21.5. The number of hydrogen-bond acceptors (Lipinski definition) is 6. The van der Waals surface area contributed by atoms with Crippen molar-refractivity contribution in [1.82, 2.24) is 10.3 Å². The summed E-state index contributed by atoms with van der Waals surface area (Å²) in [6, 6.07) is 21.7. The molecule has 0 saturated carbocycles. The highest BCUT2D eigenvalue weighted by molar-refractivity contribution is 9.03. The van der Waals surface area contributed by atoms with Crippen LogP contribution in [-0.2, 0) is 15.6 Å². The number of aromatic nitrogens is 1. The standard InChI is InChI=1S/C22H20N4O2S3/c1-16(27)24-21-26-22(29)31(30-21,28-15-17-5-3-2-4-6-17)20-9-7-18(8-10-20)25-19-11-13-23-14-12-19/h2-14H,15H2,1H3,(H,23,25)(H,24,26,27,29). The number of amides is 1. The Kier molecular flexibility index (Phi) is 6.67. The minimum Gasteiger partial charge on any atom is -0.355 e. The van der Waals surface area contributed by atoms with Crippen molar-refractivity contribution in [3.05, 3.63) is 84.7 Å². The molecule has 9 heteroatoms. The van der Waals surface area contributed by atoms with Crippen LogP contribution in [0.5, 0.6) is 0 Å². The molecule has 1 aliphatic heterocycles. The Labute approximate surface area is 191 Å². The normalized spacial score (nSPS) is 19.9.